The third kappa shape index (κ3) is 5.91. The third-order valence-corrected chi connectivity index (χ3v) is 9.09. The lowest BCUT2D eigenvalue weighted by Gasteiger charge is -2.42. The van der Waals surface area contributed by atoms with Crippen molar-refractivity contribution < 1.29 is 18.3 Å². The fraction of sp³-hybridized carbons (Fsp3) is 0.455. The molecule has 230 valence electrons. The number of carbonyl (C=O) groups excluding carboxylic acids is 1. The summed E-state index contributed by atoms with van der Waals surface area (Å²) in [7, 11) is 1.89. The van der Waals surface area contributed by atoms with E-state index in [-0.39, 0.29) is 31.4 Å². The Morgan fingerprint density at radius 2 is 1.93 bits per heavy atom. The first kappa shape index (κ1) is 29.8. The van der Waals surface area contributed by atoms with E-state index >= 15 is 0 Å². The number of rotatable bonds is 7. The van der Waals surface area contributed by atoms with Crippen LogP contribution < -0.4 is 14.5 Å². The van der Waals surface area contributed by atoms with Gasteiger partial charge in [0.1, 0.15) is 18.6 Å². The molecule has 0 aliphatic carbocycles. The van der Waals surface area contributed by atoms with Gasteiger partial charge in [0.15, 0.2) is 0 Å². The Hall–Kier alpha value is -4.30. The van der Waals surface area contributed by atoms with Gasteiger partial charge >= 0.3 is 6.01 Å². The number of likely N-dealkylation sites (tertiary alicyclic amines) is 1. The third-order valence-electron chi connectivity index (χ3n) is 9.09. The molecule has 2 fully saturated rings. The molecule has 2 aromatic carbocycles. The predicted octanol–water partition coefficient (Wildman–Crippen LogP) is 4.34. The maximum atomic E-state index is 14.0. The molecular weight excluding hydrogens is 564 g/mol. The summed E-state index contributed by atoms with van der Waals surface area (Å²) in [5, 5.41) is 11.9. The van der Waals surface area contributed by atoms with Crippen molar-refractivity contribution in [3.8, 4) is 12.1 Å². The summed E-state index contributed by atoms with van der Waals surface area (Å²) in [4.78, 5) is 30.3. The minimum Gasteiger partial charge on any atom is -0.462 e. The summed E-state index contributed by atoms with van der Waals surface area (Å²) in [6.07, 6.45) is 1.47. The van der Waals surface area contributed by atoms with Gasteiger partial charge < -0.3 is 19.4 Å². The Kier molecular flexibility index (Phi) is 8.62. The standard InChI is InChI=1S/C33H37F2N7O2/c1-22-5-3-6-23-7-4-8-29(31(22)23)40-14-11-27-28(20-40)37-33(44-21-26-17-24(35)18-39(26)2)38-32(27)41-15-16-42(30(43)9-12-34)25(19-41)10-13-36/h3-9,12,24-26H,10-11,14-21H2,1-2H3/b12-9+/t24-,25+,26+/m1/s1. The zero-order valence-corrected chi connectivity index (χ0v) is 25.1. The van der Waals surface area contributed by atoms with E-state index in [1.54, 1.807) is 4.90 Å². The smallest absolute Gasteiger partial charge is 0.318 e. The van der Waals surface area contributed by atoms with E-state index in [0.717, 1.165) is 35.4 Å². The highest BCUT2D eigenvalue weighted by molar-refractivity contribution is 5.97. The lowest BCUT2D eigenvalue weighted by Crippen LogP contribution is -2.55. The van der Waals surface area contributed by atoms with E-state index < -0.39 is 18.1 Å². The number of aryl methyl sites for hydroxylation is 1. The zero-order valence-electron chi connectivity index (χ0n) is 25.1. The van der Waals surface area contributed by atoms with Gasteiger partial charge in [0.25, 0.3) is 0 Å². The number of hydrogen-bond acceptors (Lipinski definition) is 8. The maximum absolute atomic E-state index is 14.0. The van der Waals surface area contributed by atoms with Crippen molar-refractivity contribution in [2.24, 2.45) is 0 Å². The van der Waals surface area contributed by atoms with Gasteiger partial charge in [-0.3, -0.25) is 9.69 Å². The first-order chi connectivity index (χ1) is 21.4. The predicted molar refractivity (Wildman–Crippen MR) is 165 cm³/mol. The number of hydrogen-bond donors (Lipinski definition) is 0. The molecule has 3 aliphatic heterocycles. The lowest BCUT2D eigenvalue weighted by atomic mass is 9.99. The fourth-order valence-corrected chi connectivity index (χ4v) is 6.83. The Labute approximate surface area is 256 Å². The SMILES string of the molecule is Cc1cccc2cccc(N3CCc4c(nc(OC[C@@H]5C[C@@H](F)CN5C)nc4N4CCN(C(=O)/C=C/F)[C@@H](CC#N)C4)C3)c12. The molecule has 0 spiro atoms. The molecule has 4 heterocycles. The Morgan fingerprint density at radius 3 is 2.68 bits per heavy atom. The van der Waals surface area contributed by atoms with Gasteiger partial charge in [0.05, 0.1) is 37.1 Å². The second-order valence-corrected chi connectivity index (χ2v) is 11.9. The van der Waals surface area contributed by atoms with Gasteiger partial charge in [-0.05, 0) is 43.8 Å². The molecule has 44 heavy (non-hydrogen) atoms. The number of nitrogens with zero attached hydrogens (tertiary/aromatic N) is 7. The minimum absolute atomic E-state index is 0.0682. The highest BCUT2D eigenvalue weighted by Gasteiger charge is 2.34. The molecule has 1 aromatic heterocycles. The quantitative estimate of drug-likeness (QED) is 0.370. The average Bonchev–Trinajstić information content (AvgIpc) is 3.35. The van der Waals surface area contributed by atoms with E-state index in [2.05, 4.69) is 59.2 Å². The number of piperazine rings is 1. The molecule has 0 unspecified atom stereocenters. The summed E-state index contributed by atoms with van der Waals surface area (Å²) in [6, 6.07) is 14.6. The van der Waals surface area contributed by atoms with Gasteiger partial charge in [0.2, 0.25) is 5.91 Å². The van der Waals surface area contributed by atoms with E-state index in [1.807, 2.05) is 11.9 Å². The number of benzene rings is 2. The number of alkyl halides is 1. The van der Waals surface area contributed by atoms with Gasteiger partial charge in [-0.15, -0.1) is 0 Å². The van der Waals surface area contributed by atoms with E-state index in [4.69, 9.17) is 14.7 Å². The van der Waals surface area contributed by atoms with Crippen LogP contribution >= 0.6 is 0 Å². The van der Waals surface area contributed by atoms with Crippen LogP contribution in [0.1, 0.15) is 29.7 Å². The summed E-state index contributed by atoms with van der Waals surface area (Å²) in [5.74, 6) is 0.284. The average molecular weight is 602 g/mol. The van der Waals surface area contributed by atoms with Crippen LogP contribution in [0.2, 0.25) is 0 Å². The number of halogens is 2. The molecule has 6 rings (SSSR count). The zero-order chi connectivity index (χ0) is 30.8. The normalized spacial score (nSPS) is 22.4. The number of nitriles is 1. The lowest BCUT2D eigenvalue weighted by molar-refractivity contribution is -0.128. The first-order valence-electron chi connectivity index (χ1n) is 15.2. The van der Waals surface area contributed by atoms with E-state index in [9.17, 15) is 18.8 Å². The summed E-state index contributed by atoms with van der Waals surface area (Å²) in [6.45, 7) is 5.29. The molecule has 0 N–H and O–H groups in total. The van der Waals surface area contributed by atoms with Gasteiger partial charge in [-0.1, -0.05) is 30.3 Å². The number of amides is 1. The second kappa shape index (κ2) is 12.7. The van der Waals surface area contributed by atoms with Crippen LogP contribution in [0.4, 0.5) is 20.3 Å². The number of ether oxygens (including phenoxy) is 1. The molecular formula is C33H37F2N7O2. The van der Waals surface area contributed by atoms with Crippen LogP contribution in [-0.2, 0) is 17.8 Å². The molecule has 0 bridgehead atoms. The molecule has 11 heteroatoms. The van der Waals surface area contributed by atoms with Crippen molar-refractivity contribution in [1.29, 1.82) is 5.26 Å². The first-order valence-corrected chi connectivity index (χ1v) is 15.2. The Balaban J connectivity index is 1.33. The second-order valence-electron chi connectivity index (χ2n) is 11.9. The van der Waals surface area contributed by atoms with Crippen molar-refractivity contribution in [1.82, 2.24) is 19.8 Å². The maximum Gasteiger partial charge on any atom is 0.318 e. The van der Waals surface area contributed by atoms with E-state index in [0.29, 0.717) is 45.6 Å². The molecule has 0 saturated carbocycles. The Bertz CT molecular complexity index is 1600. The number of likely N-dealkylation sites (N-methyl/N-ethyl adjacent to an activating group) is 1. The molecule has 3 atom stereocenters. The van der Waals surface area contributed by atoms with Gasteiger partial charge in [0, 0.05) is 61.5 Å². The molecule has 9 nitrogen and oxygen atoms in total. The van der Waals surface area contributed by atoms with Crippen LogP contribution in [-0.4, -0.2) is 90.3 Å². The Morgan fingerprint density at radius 1 is 1.11 bits per heavy atom. The monoisotopic (exact) mass is 601 g/mol. The van der Waals surface area contributed by atoms with Crippen LogP contribution in [0.5, 0.6) is 6.01 Å². The van der Waals surface area contributed by atoms with Gasteiger partial charge in [-0.2, -0.15) is 15.2 Å². The van der Waals surface area contributed by atoms with Crippen molar-refractivity contribution in [3.05, 3.63) is 65.6 Å². The number of carbonyl (C=O) groups is 1. The van der Waals surface area contributed by atoms with Crippen LogP contribution in [0.15, 0.2) is 48.8 Å². The van der Waals surface area contributed by atoms with Crippen LogP contribution in [0.3, 0.4) is 0 Å². The number of aromatic nitrogens is 2. The van der Waals surface area contributed by atoms with Crippen molar-refractivity contribution >= 4 is 28.2 Å². The molecule has 2 saturated heterocycles. The van der Waals surface area contributed by atoms with Crippen LogP contribution in [0, 0.1) is 18.3 Å². The number of fused-ring (bicyclic) bond motifs is 2. The molecule has 3 aromatic rings. The largest absolute Gasteiger partial charge is 0.462 e. The van der Waals surface area contributed by atoms with Crippen LogP contribution in [0.25, 0.3) is 10.8 Å². The van der Waals surface area contributed by atoms with E-state index in [1.165, 1.54) is 16.3 Å². The summed E-state index contributed by atoms with van der Waals surface area (Å²) in [5.41, 5.74) is 4.24. The fourth-order valence-electron chi connectivity index (χ4n) is 6.83. The summed E-state index contributed by atoms with van der Waals surface area (Å²) < 4.78 is 33.0. The molecule has 0 radical (unpaired) electrons. The highest BCUT2D eigenvalue weighted by atomic mass is 19.1. The van der Waals surface area contributed by atoms with Crippen molar-refractivity contribution in [2.45, 2.75) is 51.0 Å². The number of anilines is 2. The van der Waals surface area contributed by atoms with Gasteiger partial charge in [-0.25, -0.2) is 8.78 Å². The van der Waals surface area contributed by atoms with Crippen molar-refractivity contribution in [3.63, 3.8) is 0 Å². The topological polar surface area (TPSA) is 88.8 Å². The molecule has 1 amide bonds. The molecule has 3 aliphatic rings. The summed E-state index contributed by atoms with van der Waals surface area (Å²) >= 11 is 0. The highest BCUT2D eigenvalue weighted by Crippen LogP contribution is 2.36. The minimum atomic E-state index is -0.880. The van der Waals surface area contributed by atoms with Crippen molar-refractivity contribution in [2.75, 3.05) is 56.2 Å².